The Morgan fingerprint density at radius 1 is 0.969 bits per heavy atom. The van der Waals surface area contributed by atoms with Crippen LogP contribution in [-0.4, -0.2) is 41.2 Å². The number of benzene rings is 3. The highest BCUT2D eigenvalue weighted by atomic mass is 79.9. The summed E-state index contributed by atoms with van der Waals surface area (Å²) in [5.74, 6) is 0.192. The first-order valence-electron chi connectivity index (χ1n) is 10.3. The molecule has 4 rings (SSSR count). The van der Waals surface area contributed by atoms with Crippen LogP contribution in [0.5, 0.6) is 5.75 Å². The van der Waals surface area contributed by atoms with E-state index in [1.807, 2.05) is 72.8 Å². The van der Waals surface area contributed by atoms with Crippen molar-refractivity contribution in [2.75, 3.05) is 13.2 Å². The van der Waals surface area contributed by atoms with Gasteiger partial charge in [-0.2, -0.15) is 0 Å². The second-order valence-corrected chi connectivity index (χ2v) is 8.62. The van der Waals surface area contributed by atoms with Gasteiger partial charge in [-0.3, -0.25) is 9.69 Å². The molecule has 1 aliphatic rings. The number of urea groups is 1. The van der Waals surface area contributed by atoms with E-state index in [0.29, 0.717) is 17.7 Å². The molecule has 0 aromatic heterocycles. The number of aliphatic hydroxyl groups is 1. The second-order valence-electron chi connectivity index (χ2n) is 7.70. The van der Waals surface area contributed by atoms with E-state index in [-0.39, 0.29) is 19.1 Å². The van der Waals surface area contributed by atoms with Gasteiger partial charge in [-0.25, -0.2) is 4.79 Å². The molecular formula is C25H23BrN2O4. The van der Waals surface area contributed by atoms with Crippen LogP contribution in [-0.2, 0) is 16.8 Å². The molecule has 32 heavy (non-hydrogen) atoms. The largest absolute Gasteiger partial charge is 0.491 e. The van der Waals surface area contributed by atoms with Gasteiger partial charge in [0.25, 0.3) is 5.91 Å². The van der Waals surface area contributed by atoms with Gasteiger partial charge in [-0.1, -0.05) is 82.7 Å². The van der Waals surface area contributed by atoms with Gasteiger partial charge in [-0.15, -0.1) is 0 Å². The van der Waals surface area contributed by atoms with Gasteiger partial charge >= 0.3 is 6.03 Å². The molecule has 164 valence electrons. The summed E-state index contributed by atoms with van der Waals surface area (Å²) in [6, 6.07) is 25.5. The third kappa shape index (κ3) is 4.69. The fourth-order valence-corrected chi connectivity index (χ4v) is 4.23. The van der Waals surface area contributed by atoms with Gasteiger partial charge in [0.05, 0.1) is 6.54 Å². The van der Waals surface area contributed by atoms with Crippen LogP contribution in [0.25, 0.3) is 0 Å². The van der Waals surface area contributed by atoms with Crippen LogP contribution >= 0.6 is 15.9 Å². The fraction of sp³-hybridized carbons (Fsp3) is 0.200. The van der Waals surface area contributed by atoms with Gasteiger partial charge in [0.2, 0.25) is 0 Å². The quantitative estimate of drug-likeness (QED) is 0.465. The molecule has 3 aromatic carbocycles. The minimum Gasteiger partial charge on any atom is -0.491 e. The SMILES string of the molecule is O=C1NC(Cc2ccccc2)(c2ccccc2)C(=O)N1CC(O)COc1cccc(Br)c1. The summed E-state index contributed by atoms with van der Waals surface area (Å²) in [7, 11) is 0. The zero-order chi connectivity index (χ0) is 22.6. The molecule has 1 aliphatic heterocycles. The lowest BCUT2D eigenvalue weighted by atomic mass is 9.83. The minimum absolute atomic E-state index is 0.0511. The van der Waals surface area contributed by atoms with E-state index < -0.39 is 17.7 Å². The number of ether oxygens (including phenoxy) is 1. The van der Waals surface area contributed by atoms with Crippen molar-refractivity contribution >= 4 is 27.9 Å². The van der Waals surface area contributed by atoms with Gasteiger partial charge in [-0.05, 0) is 29.3 Å². The van der Waals surface area contributed by atoms with E-state index in [2.05, 4.69) is 21.2 Å². The minimum atomic E-state index is -1.23. The van der Waals surface area contributed by atoms with E-state index in [1.165, 1.54) is 0 Å². The summed E-state index contributed by atoms with van der Waals surface area (Å²) < 4.78 is 6.47. The van der Waals surface area contributed by atoms with Crippen molar-refractivity contribution in [3.63, 3.8) is 0 Å². The van der Waals surface area contributed by atoms with Gasteiger partial charge < -0.3 is 15.2 Å². The van der Waals surface area contributed by atoms with Crippen molar-refractivity contribution in [3.05, 3.63) is 101 Å². The number of amides is 3. The van der Waals surface area contributed by atoms with E-state index in [4.69, 9.17) is 4.74 Å². The first kappa shape index (κ1) is 22.0. The smallest absolute Gasteiger partial charge is 0.325 e. The Balaban J connectivity index is 1.53. The molecule has 0 spiro atoms. The zero-order valence-corrected chi connectivity index (χ0v) is 18.9. The highest BCUT2D eigenvalue weighted by molar-refractivity contribution is 9.10. The number of nitrogens with one attached hydrogen (secondary N) is 1. The van der Waals surface area contributed by atoms with Crippen LogP contribution in [0.2, 0.25) is 0 Å². The molecule has 3 amide bonds. The number of carbonyl (C=O) groups is 2. The number of halogens is 1. The van der Waals surface area contributed by atoms with E-state index in [1.54, 1.807) is 12.1 Å². The Labute approximate surface area is 195 Å². The molecule has 0 bridgehead atoms. The zero-order valence-electron chi connectivity index (χ0n) is 17.3. The molecule has 0 radical (unpaired) electrons. The molecule has 1 heterocycles. The molecule has 2 atom stereocenters. The Morgan fingerprint density at radius 3 is 2.34 bits per heavy atom. The standard InChI is InChI=1S/C25H23BrN2O4/c26-20-12-7-13-22(14-20)32-17-21(29)16-28-23(30)25(27-24(28)31,19-10-5-2-6-11-19)15-18-8-3-1-4-9-18/h1-14,21,29H,15-17H2,(H,27,31). The van der Waals surface area contributed by atoms with Crippen molar-refractivity contribution in [2.45, 2.75) is 18.1 Å². The van der Waals surface area contributed by atoms with Gasteiger partial charge in [0, 0.05) is 10.9 Å². The first-order valence-corrected chi connectivity index (χ1v) is 11.1. The molecule has 1 saturated heterocycles. The molecule has 3 aromatic rings. The predicted octanol–water partition coefficient (Wildman–Crippen LogP) is 3.88. The number of nitrogens with zero attached hydrogens (tertiary/aromatic N) is 1. The van der Waals surface area contributed by atoms with Crippen LogP contribution in [0.3, 0.4) is 0 Å². The molecule has 1 fully saturated rings. The van der Waals surface area contributed by atoms with E-state index in [0.717, 1.165) is 14.9 Å². The number of aliphatic hydroxyl groups excluding tert-OH is 1. The molecule has 0 aliphatic carbocycles. The van der Waals surface area contributed by atoms with Crippen LogP contribution in [0.15, 0.2) is 89.4 Å². The number of hydrogen-bond donors (Lipinski definition) is 2. The fourth-order valence-electron chi connectivity index (χ4n) is 3.85. The highest BCUT2D eigenvalue weighted by Gasteiger charge is 2.52. The van der Waals surface area contributed by atoms with Crippen molar-refractivity contribution in [2.24, 2.45) is 0 Å². The monoisotopic (exact) mass is 494 g/mol. The van der Waals surface area contributed by atoms with E-state index in [9.17, 15) is 14.7 Å². The molecule has 0 saturated carbocycles. The Morgan fingerprint density at radius 2 is 1.66 bits per heavy atom. The Bertz CT molecular complexity index is 1090. The highest BCUT2D eigenvalue weighted by Crippen LogP contribution is 2.33. The van der Waals surface area contributed by atoms with Crippen molar-refractivity contribution < 1.29 is 19.4 Å². The first-order chi connectivity index (χ1) is 15.5. The number of imide groups is 1. The predicted molar refractivity (Wildman–Crippen MR) is 124 cm³/mol. The van der Waals surface area contributed by atoms with Gasteiger partial charge in [0.15, 0.2) is 5.54 Å². The van der Waals surface area contributed by atoms with Crippen molar-refractivity contribution in [1.82, 2.24) is 10.2 Å². The maximum Gasteiger partial charge on any atom is 0.325 e. The molecule has 6 nitrogen and oxygen atoms in total. The lowest BCUT2D eigenvalue weighted by molar-refractivity contribution is -0.132. The Hall–Kier alpha value is -3.16. The average molecular weight is 495 g/mol. The lowest BCUT2D eigenvalue weighted by Gasteiger charge is -2.28. The topological polar surface area (TPSA) is 78.9 Å². The molecule has 2 N–H and O–H groups in total. The Kier molecular flexibility index (Phi) is 6.58. The third-order valence-electron chi connectivity index (χ3n) is 5.39. The van der Waals surface area contributed by atoms with Crippen LogP contribution < -0.4 is 10.1 Å². The number of hydrogen-bond acceptors (Lipinski definition) is 4. The number of rotatable bonds is 8. The maximum absolute atomic E-state index is 13.6. The van der Waals surface area contributed by atoms with Crippen molar-refractivity contribution in [1.29, 1.82) is 0 Å². The maximum atomic E-state index is 13.6. The third-order valence-corrected chi connectivity index (χ3v) is 5.88. The summed E-state index contributed by atoms with van der Waals surface area (Å²) in [5.41, 5.74) is 0.389. The van der Waals surface area contributed by atoms with Crippen LogP contribution in [0.4, 0.5) is 4.79 Å². The number of carbonyl (C=O) groups excluding carboxylic acids is 2. The molecule has 2 unspecified atom stereocenters. The summed E-state index contributed by atoms with van der Waals surface area (Å²) >= 11 is 3.37. The van der Waals surface area contributed by atoms with E-state index >= 15 is 0 Å². The number of β-amino-alcohol motifs (C(OH)–C–C–N with tert-alkyl or cyclic N) is 1. The van der Waals surface area contributed by atoms with Crippen LogP contribution in [0, 0.1) is 0 Å². The molecule has 7 heteroatoms. The lowest BCUT2D eigenvalue weighted by Crippen LogP contribution is -2.46. The summed E-state index contributed by atoms with van der Waals surface area (Å²) in [6.45, 7) is -0.216. The second kappa shape index (κ2) is 9.54. The summed E-state index contributed by atoms with van der Waals surface area (Å²) in [5, 5.41) is 13.4. The van der Waals surface area contributed by atoms with Gasteiger partial charge in [0.1, 0.15) is 18.5 Å². The summed E-state index contributed by atoms with van der Waals surface area (Å²) in [4.78, 5) is 27.5. The summed E-state index contributed by atoms with van der Waals surface area (Å²) in [6.07, 6.45) is -0.726. The normalized spacial score (nSPS) is 19.0. The average Bonchev–Trinajstić information content (AvgIpc) is 3.04. The van der Waals surface area contributed by atoms with Crippen LogP contribution in [0.1, 0.15) is 11.1 Å². The van der Waals surface area contributed by atoms with Crippen molar-refractivity contribution in [3.8, 4) is 5.75 Å². The molecular weight excluding hydrogens is 472 g/mol.